The average molecular weight is 291 g/mol. The van der Waals surface area contributed by atoms with Gasteiger partial charge >= 0.3 is 0 Å². The van der Waals surface area contributed by atoms with Crippen LogP contribution in [0.5, 0.6) is 5.75 Å². The van der Waals surface area contributed by atoms with Gasteiger partial charge in [0.05, 0.1) is 6.10 Å². The summed E-state index contributed by atoms with van der Waals surface area (Å²) in [7, 11) is 2.28. The van der Waals surface area contributed by atoms with Crippen molar-refractivity contribution in [3.8, 4) is 5.75 Å². The van der Waals surface area contributed by atoms with Gasteiger partial charge in [0.1, 0.15) is 5.75 Å². The highest BCUT2D eigenvalue weighted by molar-refractivity contribution is 7.99. The van der Waals surface area contributed by atoms with E-state index in [-0.39, 0.29) is 6.10 Å². The third kappa shape index (κ3) is 2.99. The molecule has 2 aliphatic rings. The molecule has 2 atom stereocenters. The molecule has 1 fully saturated rings. The summed E-state index contributed by atoms with van der Waals surface area (Å²) in [5.41, 5.74) is 1.52. The van der Waals surface area contributed by atoms with Gasteiger partial charge in [0.15, 0.2) is 0 Å². The van der Waals surface area contributed by atoms with Gasteiger partial charge in [-0.2, -0.15) is 0 Å². The maximum absolute atomic E-state index is 5.86. The van der Waals surface area contributed by atoms with E-state index in [0.717, 1.165) is 11.8 Å². The molecule has 0 aliphatic carbocycles. The first-order valence-corrected chi connectivity index (χ1v) is 8.75. The molecule has 2 nitrogen and oxygen atoms in total. The minimum Gasteiger partial charge on any atom is -0.491 e. The number of benzene rings is 1. The van der Waals surface area contributed by atoms with E-state index >= 15 is 0 Å². The van der Waals surface area contributed by atoms with E-state index in [1.807, 2.05) is 11.8 Å². The predicted octanol–water partition coefficient (Wildman–Crippen LogP) is 4.15. The topological polar surface area (TPSA) is 12.5 Å². The third-order valence-corrected chi connectivity index (χ3v) is 5.71. The van der Waals surface area contributed by atoms with Gasteiger partial charge in [0.2, 0.25) is 0 Å². The van der Waals surface area contributed by atoms with E-state index in [0.29, 0.717) is 5.92 Å². The van der Waals surface area contributed by atoms with Gasteiger partial charge in [-0.05, 0) is 76.4 Å². The Balaban J connectivity index is 1.74. The quantitative estimate of drug-likeness (QED) is 0.827. The summed E-state index contributed by atoms with van der Waals surface area (Å²) >= 11 is 2.01. The number of ether oxygens (including phenoxy) is 1. The van der Waals surface area contributed by atoms with Crippen molar-refractivity contribution in [2.24, 2.45) is 0 Å². The number of rotatable bonds is 4. The van der Waals surface area contributed by atoms with Crippen LogP contribution in [-0.4, -0.2) is 36.4 Å². The first-order chi connectivity index (χ1) is 9.63. The number of hydrogen-bond donors (Lipinski definition) is 0. The molecule has 0 bridgehead atoms. The van der Waals surface area contributed by atoms with Crippen LogP contribution in [0.3, 0.4) is 0 Å². The summed E-state index contributed by atoms with van der Waals surface area (Å²) in [5, 5.41) is 0. The van der Waals surface area contributed by atoms with Crippen molar-refractivity contribution in [3.63, 3.8) is 0 Å². The molecule has 0 amide bonds. The van der Waals surface area contributed by atoms with Crippen molar-refractivity contribution in [3.05, 3.63) is 23.8 Å². The second kappa shape index (κ2) is 5.98. The van der Waals surface area contributed by atoms with Crippen molar-refractivity contribution >= 4 is 11.8 Å². The smallest absolute Gasteiger partial charge is 0.120 e. The van der Waals surface area contributed by atoms with E-state index in [9.17, 15) is 0 Å². The summed E-state index contributed by atoms with van der Waals surface area (Å²) in [6.45, 7) is 5.45. The molecule has 0 spiro atoms. The van der Waals surface area contributed by atoms with E-state index in [1.54, 1.807) is 0 Å². The molecule has 2 heterocycles. The molecule has 0 radical (unpaired) electrons. The van der Waals surface area contributed by atoms with Crippen LogP contribution in [-0.2, 0) is 0 Å². The lowest BCUT2D eigenvalue weighted by Gasteiger charge is -2.23. The Morgan fingerprint density at radius 3 is 2.95 bits per heavy atom. The fraction of sp³-hybridized carbons (Fsp3) is 0.647. The second-order valence-electron chi connectivity index (χ2n) is 6.39. The third-order valence-electron chi connectivity index (χ3n) is 4.46. The Morgan fingerprint density at radius 1 is 1.40 bits per heavy atom. The number of nitrogens with zero attached hydrogens (tertiary/aromatic N) is 1. The molecule has 2 aliphatic heterocycles. The summed E-state index contributed by atoms with van der Waals surface area (Å²) in [6.07, 6.45) is 4.29. The average Bonchev–Trinajstić information content (AvgIpc) is 2.97. The second-order valence-corrected chi connectivity index (χ2v) is 7.45. The van der Waals surface area contributed by atoms with Crippen LogP contribution in [0.4, 0.5) is 0 Å². The SMILES string of the molecule is CC(C)Oc1ccc2c(c1)[C@@H](C[C@H]1CCCN1C)CS2. The highest BCUT2D eigenvalue weighted by atomic mass is 32.2. The molecule has 0 aromatic heterocycles. The minimum atomic E-state index is 0.251. The lowest BCUT2D eigenvalue weighted by Crippen LogP contribution is -2.26. The van der Waals surface area contributed by atoms with E-state index in [2.05, 4.69) is 44.0 Å². The lowest BCUT2D eigenvalue weighted by atomic mass is 9.93. The van der Waals surface area contributed by atoms with Crippen molar-refractivity contribution < 1.29 is 4.74 Å². The fourth-order valence-corrected chi connectivity index (χ4v) is 4.66. The number of hydrogen-bond acceptors (Lipinski definition) is 3. The van der Waals surface area contributed by atoms with Gasteiger partial charge in [-0.15, -0.1) is 11.8 Å². The summed E-state index contributed by atoms with van der Waals surface area (Å²) < 4.78 is 5.86. The summed E-state index contributed by atoms with van der Waals surface area (Å²) in [5.74, 6) is 2.98. The minimum absolute atomic E-state index is 0.251. The first kappa shape index (κ1) is 14.3. The Labute approximate surface area is 126 Å². The molecular weight excluding hydrogens is 266 g/mol. The standard InChI is InChI=1S/C17H25NOS/c1-12(2)19-15-6-7-17-16(10-15)13(11-20-17)9-14-5-4-8-18(14)3/h6-7,10,12-14H,4-5,8-9,11H2,1-3H3/t13-,14+/m0/s1. The fourth-order valence-electron chi connectivity index (χ4n) is 3.40. The van der Waals surface area contributed by atoms with Gasteiger partial charge in [-0.3, -0.25) is 0 Å². The van der Waals surface area contributed by atoms with Crippen LogP contribution in [0, 0.1) is 0 Å². The van der Waals surface area contributed by atoms with Crippen LogP contribution < -0.4 is 4.74 Å². The first-order valence-electron chi connectivity index (χ1n) is 7.77. The molecule has 110 valence electrons. The zero-order chi connectivity index (χ0) is 14.1. The highest BCUT2D eigenvalue weighted by Crippen LogP contribution is 2.44. The molecule has 1 aromatic rings. The van der Waals surface area contributed by atoms with Crippen LogP contribution in [0.1, 0.15) is 44.6 Å². The normalized spacial score (nSPS) is 26.2. The van der Waals surface area contributed by atoms with Crippen LogP contribution in [0.25, 0.3) is 0 Å². The van der Waals surface area contributed by atoms with Crippen LogP contribution in [0.2, 0.25) is 0 Å². The summed E-state index contributed by atoms with van der Waals surface area (Å²) in [6, 6.07) is 7.43. The van der Waals surface area contributed by atoms with E-state index in [4.69, 9.17) is 4.74 Å². The number of fused-ring (bicyclic) bond motifs is 1. The Bertz CT molecular complexity index is 474. The number of likely N-dealkylation sites (tertiary alicyclic amines) is 1. The summed E-state index contributed by atoms with van der Waals surface area (Å²) in [4.78, 5) is 4.00. The van der Waals surface area contributed by atoms with E-state index < -0.39 is 0 Å². The van der Waals surface area contributed by atoms with Crippen LogP contribution >= 0.6 is 11.8 Å². The maximum Gasteiger partial charge on any atom is 0.120 e. The zero-order valence-electron chi connectivity index (χ0n) is 12.8. The molecule has 20 heavy (non-hydrogen) atoms. The van der Waals surface area contributed by atoms with Crippen molar-refractivity contribution in [1.29, 1.82) is 0 Å². The van der Waals surface area contributed by atoms with Gasteiger partial charge in [0, 0.05) is 16.7 Å². The lowest BCUT2D eigenvalue weighted by molar-refractivity contribution is 0.241. The van der Waals surface area contributed by atoms with Crippen molar-refractivity contribution in [2.75, 3.05) is 19.3 Å². The molecule has 0 unspecified atom stereocenters. The Hall–Kier alpha value is -0.670. The Kier molecular flexibility index (Phi) is 4.27. The number of thioether (sulfide) groups is 1. The largest absolute Gasteiger partial charge is 0.491 e. The molecule has 0 saturated carbocycles. The molecule has 3 rings (SSSR count). The molecule has 1 aromatic carbocycles. The van der Waals surface area contributed by atoms with Gasteiger partial charge in [-0.25, -0.2) is 0 Å². The molecule has 3 heteroatoms. The van der Waals surface area contributed by atoms with Crippen molar-refractivity contribution in [1.82, 2.24) is 4.90 Å². The highest BCUT2D eigenvalue weighted by Gasteiger charge is 2.30. The Morgan fingerprint density at radius 2 is 2.25 bits per heavy atom. The van der Waals surface area contributed by atoms with Gasteiger partial charge in [-0.1, -0.05) is 0 Å². The monoisotopic (exact) mass is 291 g/mol. The van der Waals surface area contributed by atoms with Crippen molar-refractivity contribution in [2.45, 2.75) is 56.1 Å². The van der Waals surface area contributed by atoms with Gasteiger partial charge < -0.3 is 9.64 Å². The maximum atomic E-state index is 5.86. The van der Waals surface area contributed by atoms with E-state index in [1.165, 1.54) is 42.0 Å². The molecular formula is C17H25NOS. The molecule has 0 N–H and O–H groups in total. The molecule has 1 saturated heterocycles. The van der Waals surface area contributed by atoms with Gasteiger partial charge in [0.25, 0.3) is 0 Å². The predicted molar refractivity (Wildman–Crippen MR) is 85.9 cm³/mol. The van der Waals surface area contributed by atoms with Crippen LogP contribution in [0.15, 0.2) is 23.1 Å². The zero-order valence-corrected chi connectivity index (χ0v) is 13.6.